The third-order valence-electron chi connectivity index (χ3n) is 2.62. The molecular weight excluding hydrogens is 386 g/mol. The van der Waals surface area contributed by atoms with Crippen molar-refractivity contribution in [2.75, 3.05) is 0 Å². The third kappa shape index (κ3) is 3.49. The van der Waals surface area contributed by atoms with E-state index < -0.39 is 0 Å². The van der Waals surface area contributed by atoms with Crippen molar-refractivity contribution in [1.29, 1.82) is 0 Å². The predicted octanol–water partition coefficient (Wildman–Crippen LogP) is 3.84. The van der Waals surface area contributed by atoms with Crippen LogP contribution in [-0.2, 0) is 25.5 Å². The van der Waals surface area contributed by atoms with Gasteiger partial charge in [0, 0.05) is 26.3 Å². The Morgan fingerprint density at radius 2 is 1.82 bits per heavy atom. The fraction of sp³-hybridized carbons (Fsp3) is 0.267. The first-order valence-electron chi connectivity index (χ1n) is 5.51. The van der Waals surface area contributed by atoms with Gasteiger partial charge in [0.1, 0.15) is 0 Å². The van der Waals surface area contributed by atoms with Crippen molar-refractivity contribution in [2.45, 2.75) is 26.2 Å². The van der Waals surface area contributed by atoms with Crippen LogP contribution in [0.15, 0.2) is 42.6 Å². The summed E-state index contributed by atoms with van der Waals surface area (Å²) in [5, 5.41) is 0. The molecule has 17 heavy (non-hydrogen) atoms. The zero-order valence-electron chi connectivity index (χ0n) is 10.3. The summed E-state index contributed by atoms with van der Waals surface area (Å²) >= 11 is 0. The van der Waals surface area contributed by atoms with Gasteiger partial charge in [-0.15, -0.1) is 35.4 Å². The summed E-state index contributed by atoms with van der Waals surface area (Å²) in [6.45, 7) is 6.61. The maximum Gasteiger partial charge on any atom is 0.0160 e. The van der Waals surface area contributed by atoms with Crippen LogP contribution < -0.4 is 0 Å². The van der Waals surface area contributed by atoms with Gasteiger partial charge in [0.2, 0.25) is 0 Å². The van der Waals surface area contributed by atoms with E-state index in [2.05, 4.69) is 50.0 Å². The number of benzene rings is 1. The van der Waals surface area contributed by atoms with Gasteiger partial charge in [0.25, 0.3) is 0 Å². The Balaban J connectivity index is 0.00000144. The number of nitrogens with zero attached hydrogens (tertiary/aromatic N) is 1. The van der Waals surface area contributed by atoms with Gasteiger partial charge < -0.3 is 4.98 Å². The Morgan fingerprint density at radius 1 is 1.06 bits per heavy atom. The second-order valence-electron chi connectivity index (χ2n) is 4.96. The van der Waals surface area contributed by atoms with Crippen molar-refractivity contribution in [3.63, 3.8) is 0 Å². The summed E-state index contributed by atoms with van der Waals surface area (Å²) in [5.74, 6) is 0. The zero-order valence-corrected chi connectivity index (χ0v) is 12.7. The molecule has 1 aromatic heterocycles. The van der Waals surface area contributed by atoms with Crippen molar-refractivity contribution in [3.8, 4) is 11.3 Å². The number of hydrogen-bond acceptors (Lipinski definition) is 1. The van der Waals surface area contributed by atoms with E-state index in [-0.39, 0.29) is 25.5 Å². The molecule has 0 bridgehead atoms. The molecule has 0 saturated heterocycles. The molecule has 0 aliphatic carbocycles. The smallest absolute Gasteiger partial charge is 0.0160 e. The van der Waals surface area contributed by atoms with Crippen LogP contribution in [0.3, 0.4) is 0 Å². The number of hydrogen-bond donors (Lipinski definition) is 0. The minimum atomic E-state index is 0. The van der Waals surface area contributed by atoms with Gasteiger partial charge in [-0.05, 0) is 17.2 Å². The van der Waals surface area contributed by atoms with E-state index in [0.717, 1.165) is 11.3 Å². The van der Waals surface area contributed by atoms with E-state index in [9.17, 15) is 0 Å². The largest absolute Gasteiger partial charge is 0.305 e. The van der Waals surface area contributed by atoms with Crippen molar-refractivity contribution in [1.82, 2.24) is 4.98 Å². The van der Waals surface area contributed by atoms with Gasteiger partial charge in [-0.3, -0.25) is 0 Å². The molecule has 1 heterocycles. The monoisotopic (exact) mass is 403 g/mol. The maximum absolute atomic E-state index is 4.31. The Labute approximate surface area is 117 Å². The summed E-state index contributed by atoms with van der Waals surface area (Å²) in [7, 11) is 0. The molecule has 0 spiro atoms. The molecule has 2 rings (SSSR count). The maximum atomic E-state index is 4.31. The van der Waals surface area contributed by atoms with Crippen LogP contribution in [0.25, 0.3) is 11.3 Å². The Hall–Kier alpha value is -0.981. The van der Waals surface area contributed by atoms with Crippen LogP contribution in [0.5, 0.6) is 0 Å². The standard InChI is InChI=1S/C15H16N.Ir/c1-15(2,3)13-9-7-12(8-10-13)14-6-4-5-11-16-14;/h4-7,9-11H,1-3H3;/q-1;. The summed E-state index contributed by atoms with van der Waals surface area (Å²) in [5.41, 5.74) is 3.50. The third-order valence-corrected chi connectivity index (χ3v) is 2.62. The molecule has 1 aromatic carbocycles. The van der Waals surface area contributed by atoms with E-state index in [1.165, 1.54) is 5.56 Å². The van der Waals surface area contributed by atoms with Crippen LogP contribution >= 0.6 is 0 Å². The van der Waals surface area contributed by atoms with Crippen LogP contribution in [-0.4, -0.2) is 4.98 Å². The number of aromatic nitrogens is 1. The summed E-state index contributed by atoms with van der Waals surface area (Å²) in [6.07, 6.45) is 1.81. The zero-order chi connectivity index (χ0) is 11.6. The molecule has 2 heteroatoms. The number of pyridine rings is 1. The van der Waals surface area contributed by atoms with E-state index in [0.29, 0.717) is 0 Å². The molecule has 0 amide bonds. The van der Waals surface area contributed by atoms with Crippen LogP contribution in [0.2, 0.25) is 0 Å². The minimum Gasteiger partial charge on any atom is -0.305 e. The molecule has 0 atom stereocenters. The van der Waals surface area contributed by atoms with Gasteiger partial charge in [-0.25, -0.2) is 0 Å². The van der Waals surface area contributed by atoms with Crippen molar-refractivity contribution < 1.29 is 20.1 Å². The van der Waals surface area contributed by atoms with Crippen LogP contribution in [0.4, 0.5) is 0 Å². The first kappa shape index (κ1) is 14.1. The fourth-order valence-electron chi connectivity index (χ4n) is 1.57. The van der Waals surface area contributed by atoms with Gasteiger partial charge in [0.05, 0.1) is 0 Å². The molecule has 0 aliphatic heterocycles. The molecule has 0 N–H and O–H groups in total. The van der Waals surface area contributed by atoms with Crippen LogP contribution in [0, 0.1) is 6.07 Å². The quantitative estimate of drug-likeness (QED) is 0.661. The minimum absolute atomic E-state index is 0. The predicted molar refractivity (Wildman–Crippen MR) is 67.2 cm³/mol. The average molecular weight is 403 g/mol. The summed E-state index contributed by atoms with van der Waals surface area (Å²) < 4.78 is 0. The van der Waals surface area contributed by atoms with Crippen molar-refractivity contribution >= 4 is 0 Å². The Bertz CT molecular complexity index is 455. The van der Waals surface area contributed by atoms with E-state index in [1.807, 2.05) is 18.2 Å². The summed E-state index contributed by atoms with van der Waals surface area (Å²) in [6, 6.07) is 15.5. The van der Waals surface area contributed by atoms with Crippen LogP contribution in [0.1, 0.15) is 26.3 Å². The van der Waals surface area contributed by atoms with E-state index in [4.69, 9.17) is 0 Å². The van der Waals surface area contributed by atoms with Gasteiger partial charge >= 0.3 is 0 Å². The van der Waals surface area contributed by atoms with E-state index in [1.54, 1.807) is 6.20 Å². The molecule has 2 aromatic rings. The second kappa shape index (κ2) is 5.57. The first-order chi connectivity index (χ1) is 7.57. The number of rotatable bonds is 1. The first-order valence-corrected chi connectivity index (χ1v) is 5.51. The van der Waals surface area contributed by atoms with E-state index >= 15 is 0 Å². The Morgan fingerprint density at radius 3 is 2.29 bits per heavy atom. The molecular formula is C15H16IrN-. The Kier molecular flexibility index (Phi) is 4.61. The van der Waals surface area contributed by atoms with Crippen molar-refractivity contribution in [3.05, 3.63) is 54.2 Å². The molecule has 0 fully saturated rings. The molecule has 0 aliphatic rings. The second-order valence-corrected chi connectivity index (χ2v) is 4.96. The van der Waals surface area contributed by atoms with Gasteiger partial charge in [-0.2, -0.15) is 0 Å². The van der Waals surface area contributed by atoms with Crippen molar-refractivity contribution in [2.24, 2.45) is 0 Å². The van der Waals surface area contributed by atoms with Gasteiger partial charge in [-0.1, -0.05) is 32.9 Å². The normalized spacial score (nSPS) is 10.8. The van der Waals surface area contributed by atoms with Gasteiger partial charge in [0.15, 0.2) is 0 Å². The average Bonchev–Trinajstić information content (AvgIpc) is 2.29. The molecule has 1 radical (unpaired) electrons. The molecule has 1 nitrogen and oxygen atoms in total. The molecule has 0 unspecified atom stereocenters. The topological polar surface area (TPSA) is 12.9 Å². The SMILES string of the molecule is CC(C)(C)c1c[c-]c(-c2ccccn2)cc1.[Ir]. The summed E-state index contributed by atoms with van der Waals surface area (Å²) in [4.78, 5) is 4.31. The molecule has 0 saturated carbocycles. The fourth-order valence-corrected chi connectivity index (χ4v) is 1.57. The molecule has 91 valence electrons.